The summed E-state index contributed by atoms with van der Waals surface area (Å²) < 4.78 is 16.5. The first-order valence-corrected chi connectivity index (χ1v) is 7.86. The molecule has 3 rings (SSSR count). The molecule has 0 fully saturated rings. The van der Waals surface area contributed by atoms with E-state index in [0.717, 1.165) is 28.5 Å². The third-order valence-corrected chi connectivity index (χ3v) is 4.22. The third kappa shape index (κ3) is 3.33. The fourth-order valence-corrected chi connectivity index (χ4v) is 3.17. The van der Waals surface area contributed by atoms with Crippen molar-refractivity contribution < 1.29 is 13.9 Å². The van der Waals surface area contributed by atoms with E-state index in [0.29, 0.717) is 18.4 Å². The van der Waals surface area contributed by atoms with Crippen molar-refractivity contribution in [2.24, 2.45) is 0 Å². The van der Waals surface area contributed by atoms with Gasteiger partial charge >= 0.3 is 0 Å². The van der Waals surface area contributed by atoms with E-state index in [-0.39, 0.29) is 6.04 Å². The molecule has 0 saturated carbocycles. The average Bonchev–Trinajstić information content (AvgIpc) is 2.93. The summed E-state index contributed by atoms with van der Waals surface area (Å²) >= 11 is 1.59. The van der Waals surface area contributed by atoms with Gasteiger partial charge in [-0.05, 0) is 31.7 Å². The highest BCUT2D eigenvalue weighted by Gasteiger charge is 2.17. The van der Waals surface area contributed by atoms with E-state index in [9.17, 15) is 0 Å². The number of nitrogens with zero attached hydrogens (tertiary/aromatic N) is 1. The van der Waals surface area contributed by atoms with E-state index < -0.39 is 0 Å². The van der Waals surface area contributed by atoms with Crippen LogP contribution in [-0.2, 0) is 0 Å². The summed E-state index contributed by atoms with van der Waals surface area (Å²) in [6.07, 6.45) is 1.67. The largest absolute Gasteiger partial charge is 0.486 e. The van der Waals surface area contributed by atoms with E-state index in [4.69, 9.17) is 13.9 Å². The normalized spacial score (nSPS) is 15.0. The van der Waals surface area contributed by atoms with Gasteiger partial charge in [0.25, 0.3) is 5.22 Å². The van der Waals surface area contributed by atoms with Gasteiger partial charge < -0.3 is 19.2 Å². The van der Waals surface area contributed by atoms with Gasteiger partial charge in [-0.1, -0.05) is 17.8 Å². The molecule has 1 unspecified atom stereocenters. The lowest BCUT2D eigenvalue weighted by Gasteiger charge is -2.21. The van der Waals surface area contributed by atoms with Crippen LogP contribution in [0.4, 0.5) is 0 Å². The van der Waals surface area contributed by atoms with Gasteiger partial charge in [-0.15, -0.1) is 0 Å². The zero-order valence-corrected chi connectivity index (χ0v) is 12.9. The standard InChI is InChI=1S/C15H18N2O3S/c1-10-8-20-15(17-10)21-9-12(16-2)11-3-4-13-14(7-11)19-6-5-18-13/h3-4,7-8,12,16H,5-6,9H2,1-2H3. The SMILES string of the molecule is CNC(CSc1nc(C)co1)c1ccc2c(c1)OCCO2. The summed E-state index contributed by atoms with van der Waals surface area (Å²) in [5, 5.41) is 4.01. The highest BCUT2D eigenvalue weighted by atomic mass is 32.2. The second-order valence-electron chi connectivity index (χ2n) is 4.81. The molecular weight excluding hydrogens is 288 g/mol. The summed E-state index contributed by atoms with van der Waals surface area (Å²) in [5.74, 6) is 2.46. The van der Waals surface area contributed by atoms with Gasteiger partial charge in [0, 0.05) is 11.8 Å². The minimum Gasteiger partial charge on any atom is -0.486 e. The molecule has 0 saturated heterocycles. The van der Waals surface area contributed by atoms with Gasteiger partial charge in [0.15, 0.2) is 11.5 Å². The van der Waals surface area contributed by atoms with Gasteiger partial charge in [-0.3, -0.25) is 0 Å². The van der Waals surface area contributed by atoms with Crippen LogP contribution in [0.15, 0.2) is 34.1 Å². The molecule has 0 bridgehead atoms. The molecule has 0 aliphatic carbocycles. The maximum Gasteiger partial charge on any atom is 0.255 e. The van der Waals surface area contributed by atoms with Crippen molar-refractivity contribution in [2.75, 3.05) is 26.0 Å². The number of hydrogen-bond acceptors (Lipinski definition) is 6. The Morgan fingerprint density at radius 1 is 1.29 bits per heavy atom. The molecule has 6 heteroatoms. The first-order valence-electron chi connectivity index (χ1n) is 6.88. The van der Waals surface area contributed by atoms with Crippen LogP contribution in [0.1, 0.15) is 17.3 Å². The van der Waals surface area contributed by atoms with Crippen molar-refractivity contribution >= 4 is 11.8 Å². The highest BCUT2D eigenvalue weighted by molar-refractivity contribution is 7.99. The molecule has 1 atom stereocenters. The maximum absolute atomic E-state index is 5.63. The van der Waals surface area contributed by atoms with Crippen LogP contribution in [0.2, 0.25) is 0 Å². The lowest BCUT2D eigenvalue weighted by atomic mass is 10.1. The second kappa shape index (κ2) is 6.41. The zero-order chi connectivity index (χ0) is 14.7. The Bertz CT molecular complexity index is 615. The number of nitrogens with one attached hydrogen (secondary N) is 1. The number of fused-ring (bicyclic) bond motifs is 1. The van der Waals surface area contributed by atoms with Crippen molar-refractivity contribution in [3.63, 3.8) is 0 Å². The molecule has 1 aliphatic rings. The molecule has 21 heavy (non-hydrogen) atoms. The number of benzene rings is 1. The smallest absolute Gasteiger partial charge is 0.255 e. The van der Waals surface area contributed by atoms with E-state index in [2.05, 4.69) is 16.4 Å². The maximum atomic E-state index is 5.63. The number of aromatic nitrogens is 1. The minimum absolute atomic E-state index is 0.193. The Morgan fingerprint density at radius 3 is 2.81 bits per heavy atom. The van der Waals surface area contributed by atoms with Crippen LogP contribution in [0.3, 0.4) is 0 Å². The molecule has 0 spiro atoms. The Balaban J connectivity index is 1.70. The van der Waals surface area contributed by atoms with Gasteiger partial charge in [0.05, 0.1) is 5.69 Å². The van der Waals surface area contributed by atoms with Crippen LogP contribution in [0.25, 0.3) is 0 Å². The lowest BCUT2D eigenvalue weighted by Crippen LogP contribution is -2.20. The predicted molar refractivity (Wildman–Crippen MR) is 81.2 cm³/mol. The molecular formula is C15H18N2O3S. The van der Waals surface area contributed by atoms with Gasteiger partial charge in [-0.2, -0.15) is 0 Å². The Hall–Kier alpha value is -1.66. The van der Waals surface area contributed by atoms with Crippen molar-refractivity contribution in [2.45, 2.75) is 18.2 Å². The van der Waals surface area contributed by atoms with Gasteiger partial charge in [0.1, 0.15) is 19.5 Å². The highest BCUT2D eigenvalue weighted by Crippen LogP contribution is 2.34. The van der Waals surface area contributed by atoms with E-state index in [1.54, 1.807) is 18.0 Å². The molecule has 2 aromatic rings. The lowest BCUT2D eigenvalue weighted by molar-refractivity contribution is 0.171. The molecule has 5 nitrogen and oxygen atoms in total. The number of thioether (sulfide) groups is 1. The summed E-state index contributed by atoms with van der Waals surface area (Å²) in [6, 6.07) is 6.26. The summed E-state index contributed by atoms with van der Waals surface area (Å²) in [4.78, 5) is 4.30. The Morgan fingerprint density at radius 2 is 2.10 bits per heavy atom. The second-order valence-corrected chi connectivity index (χ2v) is 5.78. The first kappa shape index (κ1) is 14.3. The average molecular weight is 306 g/mol. The molecule has 1 aromatic carbocycles. The number of ether oxygens (including phenoxy) is 2. The van der Waals surface area contributed by atoms with Crippen LogP contribution >= 0.6 is 11.8 Å². The van der Waals surface area contributed by atoms with Crippen molar-refractivity contribution in [3.8, 4) is 11.5 Å². The topological polar surface area (TPSA) is 56.5 Å². The third-order valence-electron chi connectivity index (χ3n) is 3.29. The molecule has 1 N–H and O–H groups in total. The van der Waals surface area contributed by atoms with Gasteiger partial charge in [0.2, 0.25) is 0 Å². The number of aryl methyl sites for hydroxylation is 1. The quantitative estimate of drug-likeness (QED) is 0.857. The molecule has 0 radical (unpaired) electrons. The summed E-state index contributed by atoms with van der Waals surface area (Å²) in [5.41, 5.74) is 2.07. The van der Waals surface area contributed by atoms with Crippen LogP contribution in [0.5, 0.6) is 11.5 Å². The Kier molecular flexibility index (Phi) is 4.36. The van der Waals surface area contributed by atoms with E-state index in [1.807, 2.05) is 26.1 Å². The zero-order valence-electron chi connectivity index (χ0n) is 12.1. The fourth-order valence-electron chi connectivity index (χ4n) is 2.18. The van der Waals surface area contributed by atoms with Crippen LogP contribution < -0.4 is 14.8 Å². The minimum atomic E-state index is 0.193. The number of rotatable bonds is 5. The van der Waals surface area contributed by atoms with E-state index >= 15 is 0 Å². The fraction of sp³-hybridized carbons (Fsp3) is 0.400. The van der Waals surface area contributed by atoms with Crippen LogP contribution in [0, 0.1) is 6.92 Å². The van der Waals surface area contributed by atoms with Gasteiger partial charge in [-0.25, -0.2) is 4.98 Å². The summed E-state index contributed by atoms with van der Waals surface area (Å²) in [6.45, 7) is 3.14. The molecule has 112 valence electrons. The van der Waals surface area contributed by atoms with E-state index in [1.165, 1.54) is 0 Å². The molecule has 1 aromatic heterocycles. The molecule has 0 amide bonds. The number of oxazole rings is 1. The van der Waals surface area contributed by atoms with Crippen LogP contribution in [-0.4, -0.2) is 31.0 Å². The first-order chi connectivity index (χ1) is 10.3. The van der Waals surface area contributed by atoms with Crippen molar-refractivity contribution in [1.29, 1.82) is 0 Å². The Labute approximate surface area is 128 Å². The predicted octanol–water partition coefficient (Wildman–Crippen LogP) is 2.81. The van der Waals surface area contributed by atoms with Crippen molar-refractivity contribution in [3.05, 3.63) is 35.7 Å². The number of hydrogen-bond donors (Lipinski definition) is 1. The van der Waals surface area contributed by atoms with Crippen molar-refractivity contribution in [1.82, 2.24) is 10.3 Å². The summed E-state index contributed by atoms with van der Waals surface area (Å²) in [7, 11) is 1.95. The molecule has 2 heterocycles. The monoisotopic (exact) mass is 306 g/mol. The molecule has 1 aliphatic heterocycles.